The second-order valence-electron chi connectivity index (χ2n) is 4.99. The van der Waals surface area contributed by atoms with Gasteiger partial charge in [0.25, 0.3) is 0 Å². The summed E-state index contributed by atoms with van der Waals surface area (Å²) < 4.78 is 5.45. The number of amides is 1. The average Bonchev–Trinajstić information content (AvgIpc) is 2.79. The molecule has 0 bridgehead atoms. The van der Waals surface area contributed by atoms with E-state index in [0.29, 0.717) is 6.61 Å². The van der Waals surface area contributed by atoms with Gasteiger partial charge in [-0.25, -0.2) is 0 Å². The van der Waals surface area contributed by atoms with E-state index < -0.39 is 0 Å². The summed E-state index contributed by atoms with van der Waals surface area (Å²) in [4.78, 5) is 12.0. The van der Waals surface area contributed by atoms with E-state index in [-0.39, 0.29) is 24.2 Å². The highest BCUT2D eigenvalue weighted by Crippen LogP contribution is 2.29. The number of rotatable bonds is 3. The van der Waals surface area contributed by atoms with Crippen molar-refractivity contribution in [1.82, 2.24) is 5.32 Å². The Morgan fingerprint density at radius 3 is 2.62 bits per heavy atom. The fraction of sp³-hybridized carbons (Fsp3) is 0.917. The largest absolute Gasteiger partial charge is 0.394 e. The van der Waals surface area contributed by atoms with E-state index in [0.717, 1.165) is 44.9 Å². The average molecular weight is 227 g/mol. The van der Waals surface area contributed by atoms with Crippen molar-refractivity contribution in [3.8, 4) is 0 Å². The Kier molecular flexibility index (Phi) is 3.82. The molecule has 92 valence electrons. The van der Waals surface area contributed by atoms with Crippen molar-refractivity contribution in [2.24, 2.45) is 0 Å². The van der Waals surface area contributed by atoms with E-state index in [1.807, 2.05) is 0 Å². The molecule has 4 nitrogen and oxygen atoms in total. The first-order chi connectivity index (χ1) is 7.76. The van der Waals surface area contributed by atoms with Crippen LogP contribution < -0.4 is 5.32 Å². The molecule has 4 heteroatoms. The summed E-state index contributed by atoms with van der Waals surface area (Å²) in [7, 11) is 0. The van der Waals surface area contributed by atoms with Crippen LogP contribution >= 0.6 is 0 Å². The Bertz CT molecular complexity index is 243. The van der Waals surface area contributed by atoms with E-state index in [2.05, 4.69) is 5.32 Å². The van der Waals surface area contributed by atoms with Gasteiger partial charge in [-0.15, -0.1) is 0 Å². The standard InChI is InChI=1S/C12H21NO3/c14-9-12(6-2-3-7-12)13-11(15)10-5-1-4-8-16-10/h10,14H,1-9H2,(H,13,15). The summed E-state index contributed by atoms with van der Waals surface area (Å²) in [5, 5.41) is 12.4. The molecule has 1 unspecified atom stereocenters. The van der Waals surface area contributed by atoms with Gasteiger partial charge in [-0.3, -0.25) is 4.79 Å². The topological polar surface area (TPSA) is 58.6 Å². The third-order valence-corrected chi connectivity index (χ3v) is 3.72. The first kappa shape index (κ1) is 11.9. The number of carbonyl (C=O) groups excluding carboxylic acids is 1. The minimum absolute atomic E-state index is 0.0318. The Morgan fingerprint density at radius 2 is 2.06 bits per heavy atom. The smallest absolute Gasteiger partial charge is 0.249 e. The Labute approximate surface area is 96.4 Å². The molecule has 1 amide bonds. The van der Waals surface area contributed by atoms with Gasteiger partial charge in [0.1, 0.15) is 6.10 Å². The fourth-order valence-electron chi connectivity index (χ4n) is 2.66. The third kappa shape index (κ3) is 2.55. The second kappa shape index (κ2) is 5.15. The van der Waals surface area contributed by atoms with Gasteiger partial charge in [0.2, 0.25) is 5.91 Å². The number of aliphatic hydroxyl groups excluding tert-OH is 1. The predicted molar refractivity (Wildman–Crippen MR) is 60.0 cm³/mol. The molecule has 2 aliphatic rings. The first-order valence-electron chi connectivity index (χ1n) is 6.30. The minimum Gasteiger partial charge on any atom is -0.394 e. The van der Waals surface area contributed by atoms with Crippen LogP contribution in [-0.2, 0) is 9.53 Å². The van der Waals surface area contributed by atoms with Crippen LogP contribution in [0.4, 0.5) is 0 Å². The molecular weight excluding hydrogens is 206 g/mol. The minimum atomic E-state index is -0.363. The monoisotopic (exact) mass is 227 g/mol. The van der Waals surface area contributed by atoms with E-state index >= 15 is 0 Å². The molecule has 1 atom stereocenters. The molecule has 0 spiro atoms. The zero-order valence-electron chi connectivity index (χ0n) is 9.71. The number of nitrogens with one attached hydrogen (secondary N) is 1. The molecule has 2 N–H and O–H groups in total. The molecule has 2 fully saturated rings. The van der Waals surface area contributed by atoms with E-state index in [1.54, 1.807) is 0 Å². The molecule has 16 heavy (non-hydrogen) atoms. The summed E-state index contributed by atoms with van der Waals surface area (Å²) in [5.74, 6) is -0.0318. The Hall–Kier alpha value is -0.610. The molecule has 0 aromatic carbocycles. The van der Waals surface area contributed by atoms with Crippen molar-refractivity contribution in [1.29, 1.82) is 0 Å². The van der Waals surface area contributed by atoms with E-state index in [9.17, 15) is 9.90 Å². The maximum atomic E-state index is 12.0. The van der Waals surface area contributed by atoms with Crippen LogP contribution in [0.25, 0.3) is 0 Å². The zero-order chi connectivity index (χ0) is 11.4. The number of hydrogen-bond donors (Lipinski definition) is 2. The lowest BCUT2D eigenvalue weighted by Gasteiger charge is -2.31. The van der Waals surface area contributed by atoms with Gasteiger partial charge < -0.3 is 15.2 Å². The quantitative estimate of drug-likeness (QED) is 0.755. The van der Waals surface area contributed by atoms with Gasteiger partial charge in [-0.1, -0.05) is 12.8 Å². The van der Waals surface area contributed by atoms with Gasteiger partial charge in [-0.05, 0) is 32.1 Å². The highest BCUT2D eigenvalue weighted by Gasteiger charge is 2.36. The molecule has 1 saturated heterocycles. The summed E-state index contributed by atoms with van der Waals surface area (Å²) in [6.07, 6.45) is 6.59. The number of carbonyl (C=O) groups is 1. The van der Waals surface area contributed by atoms with Crippen LogP contribution in [0.2, 0.25) is 0 Å². The molecule has 1 heterocycles. The summed E-state index contributed by atoms with van der Waals surface area (Å²) in [6, 6.07) is 0. The molecule has 0 radical (unpaired) electrons. The van der Waals surface area contributed by atoms with Gasteiger partial charge in [0.05, 0.1) is 12.1 Å². The summed E-state index contributed by atoms with van der Waals surface area (Å²) >= 11 is 0. The molecule has 1 saturated carbocycles. The molecule has 0 aromatic heterocycles. The molecule has 1 aliphatic heterocycles. The lowest BCUT2D eigenvalue weighted by molar-refractivity contribution is -0.138. The van der Waals surface area contributed by atoms with Crippen molar-refractivity contribution in [3.05, 3.63) is 0 Å². The van der Waals surface area contributed by atoms with Crippen molar-refractivity contribution in [2.75, 3.05) is 13.2 Å². The van der Waals surface area contributed by atoms with Crippen LogP contribution in [0.5, 0.6) is 0 Å². The highest BCUT2D eigenvalue weighted by molar-refractivity contribution is 5.81. The highest BCUT2D eigenvalue weighted by atomic mass is 16.5. The summed E-state index contributed by atoms with van der Waals surface area (Å²) in [5.41, 5.74) is -0.363. The number of hydrogen-bond acceptors (Lipinski definition) is 3. The van der Waals surface area contributed by atoms with Crippen molar-refractivity contribution >= 4 is 5.91 Å². The van der Waals surface area contributed by atoms with Crippen LogP contribution in [0.3, 0.4) is 0 Å². The fourth-order valence-corrected chi connectivity index (χ4v) is 2.66. The van der Waals surface area contributed by atoms with Crippen molar-refractivity contribution in [3.63, 3.8) is 0 Å². The maximum absolute atomic E-state index is 12.0. The van der Waals surface area contributed by atoms with Crippen molar-refractivity contribution < 1.29 is 14.6 Å². The normalized spacial score (nSPS) is 28.9. The molecule has 0 aromatic rings. The number of ether oxygens (including phenoxy) is 1. The molecule has 2 rings (SSSR count). The van der Waals surface area contributed by atoms with Crippen LogP contribution in [0.1, 0.15) is 44.9 Å². The van der Waals surface area contributed by atoms with Crippen molar-refractivity contribution in [2.45, 2.75) is 56.6 Å². The van der Waals surface area contributed by atoms with Gasteiger partial charge in [-0.2, -0.15) is 0 Å². The number of aliphatic hydroxyl groups is 1. The summed E-state index contributed by atoms with van der Waals surface area (Å²) in [6.45, 7) is 0.732. The second-order valence-corrected chi connectivity index (χ2v) is 4.99. The van der Waals surface area contributed by atoms with Gasteiger partial charge in [0.15, 0.2) is 0 Å². The SMILES string of the molecule is O=C(NC1(CO)CCCC1)C1CCCCO1. The van der Waals surface area contributed by atoms with Gasteiger partial charge >= 0.3 is 0 Å². The lowest BCUT2D eigenvalue weighted by Crippen LogP contribution is -2.53. The zero-order valence-corrected chi connectivity index (χ0v) is 9.71. The van der Waals surface area contributed by atoms with Crippen LogP contribution in [0.15, 0.2) is 0 Å². The Balaban J connectivity index is 1.89. The maximum Gasteiger partial charge on any atom is 0.249 e. The Morgan fingerprint density at radius 1 is 1.31 bits per heavy atom. The van der Waals surface area contributed by atoms with Crippen LogP contribution in [0, 0.1) is 0 Å². The van der Waals surface area contributed by atoms with Crippen LogP contribution in [-0.4, -0.2) is 35.9 Å². The molecule has 1 aliphatic carbocycles. The molecular formula is C12H21NO3. The van der Waals surface area contributed by atoms with Gasteiger partial charge in [0, 0.05) is 6.61 Å². The first-order valence-corrected chi connectivity index (χ1v) is 6.30. The van der Waals surface area contributed by atoms with E-state index in [1.165, 1.54) is 0 Å². The third-order valence-electron chi connectivity index (χ3n) is 3.72. The lowest BCUT2D eigenvalue weighted by atomic mass is 9.97. The van der Waals surface area contributed by atoms with E-state index in [4.69, 9.17) is 4.74 Å². The predicted octanol–water partition coefficient (Wildman–Crippen LogP) is 0.977.